The van der Waals surface area contributed by atoms with Crippen molar-refractivity contribution in [2.75, 3.05) is 0 Å². The van der Waals surface area contributed by atoms with Crippen molar-refractivity contribution in [1.29, 1.82) is 0 Å². The molecular formula is C11H13NO. The van der Waals surface area contributed by atoms with Gasteiger partial charge in [0.2, 0.25) is 0 Å². The molecule has 13 heavy (non-hydrogen) atoms. The summed E-state index contributed by atoms with van der Waals surface area (Å²) in [5.74, 6) is 0.155. The molecule has 0 aliphatic heterocycles. The first-order valence-corrected chi connectivity index (χ1v) is 4.18. The molecule has 0 amide bonds. The van der Waals surface area contributed by atoms with Crippen LogP contribution in [0.2, 0.25) is 0 Å². The lowest BCUT2D eigenvalue weighted by Crippen LogP contribution is -1.86. The van der Waals surface area contributed by atoms with Crippen molar-refractivity contribution in [1.82, 2.24) is 0 Å². The van der Waals surface area contributed by atoms with E-state index in [9.17, 15) is 5.11 Å². The number of aryl methyl sites for hydroxylation is 1. The van der Waals surface area contributed by atoms with Crippen molar-refractivity contribution in [3.8, 4) is 5.75 Å². The van der Waals surface area contributed by atoms with E-state index in [1.807, 2.05) is 13.0 Å². The van der Waals surface area contributed by atoms with Crippen LogP contribution in [-0.2, 0) is 6.42 Å². The van der Waals surface area contributed by atoms with E-state index in [0.717, 1.165) is 17.5 Å². The summed E-state index contributed by atoms with van der Waals surface area (Å²) in [4.78, 5) is 3.78. The average Bonchev–Trinajstić information content (AvgIpc) is 2.17. The molecule has 0 fully saturated rings. The van der Waals surface area contributed by atoms with Gasteiger partial charge in [0.05, 0.1) is 0 Å². The minimum atomic E-state index is 0.155. The first-order valence-electron chi connectivity index (χ1n) is 4.18. The first-order chi connectivity index (χ1) is 6.24. The Morgan fingerprint density at radius 2 is 2.23 bits per heavy atom. The number of rotatable bonds is 3. The fourth-order valence-electron chi connectivity index (χ4n) is 1.34. The smallest absolute Gasteiger partial charge is 0.141 e. The molecule has 0 aromatic heterocycles. The number of nitrogens with zero attached hydrogens (tertiary/aromatic N) is 1. The SMILES string of the molecule is C=Cc1c(CC)ccc(O)c1N=C. The second-order valence-electron chi connectivity index (χ2n) is 2.72. The second-order valence-corrected chi connectivity index (χ2v) is 2.72. The Bertz CT molecular complexity index is 342. The molecule has 1 rings (SSSR count). The van der Waals surface area contributed by atoms with Gasteiger partial charge < -0.3 is 5.11 Å². The molecule has 0 atom stereocenters. The molecule has 0 saturated carbocycles. The summed E-state index contributed by atoms with van der Waals surface area (Å²) in [5.41, 5.74) is 2.52. The fraction of sp³-hybridized carbons (Fsp3) is 0.182. The summed E-state index contributed by atoms with van der Waals surface area (Å²) in [7, 11) is 0. The van der Waals surface area contributed by atoms with Gasteiger partial charge in [0.15, 0.2) is 0 Å². The van der Waals surface area contributed by atoms with E-state index < -0.39 is 0 Å². The molecule has 1 N–H and O–H groups in total. The maximum atomic E-state index is 9.46. The molecule has 0 bridgehead atoms. The minimum absolute atomic E-state index is 0.155. The molecule has 68 valence electrons. The Hall–Kier alpha value is -1.57. The van der Waals surface area contributed by atoms with Crippen LogP contribution in [0.15, 0.2) is 23.7 Å². The molecular weight excluding hydrogens is 162 g/mol. The summed E-state index contributed by atoms with van der Waals surface area (Å²) in [6.07, 6.45) is 2.59. The van der Waals surface area contributed by atoms with Crippen LogP contribution in [-0.4, -0.2) is 11.8 Å². The van der Waals surface area contributed by atoms with Crippen molar-refractivity contribution in [3.63, 3.8) is 0 Å². The number of benzene rings is 1. The number of phenols is 1. The van der Waals surface area contributed by atoms with E-state index in [1.165, 1.54) is 0 Å². The summed E-state index contributed by atoms with van der Waals surface area (Å²) >= 11 is 0. The number of hydrogen-bond donors (Lipinski definition) is 1. The molecule has 2 heteroatoms. The van der Waals surface area contributed by atoms with Crippen molar-refractivity contribution < 1.29 is 5.11 Å². The van der Waals surface area contributed by atoms with Gasteiger partial charge >= 0.3 is 0 Å². The zero-order valence-electron chi connectivity index (χ0n) is 7.75. The van der Waals surface area contributed by atoms with Gasteiger partial charge in [-0.05, 0) is 24.8 Å². The quantitative estimate of drug-likeness (QED) is 0.704. The average molecular weight is 175 g/mol. The van der Waals surface area contributed by atoms with Crippen molar-refractivity contribution in [3.05, 3.63) is 29.8 Å². The highest BCUT2D eigenvalue weighted by atomic mass is 16.3. The van der Waals surface area contributed by atoms with E-state index >= 15 is 0 Å². The highest BCUT2D eigenvalue weighted by molar-refractivity contribution is 5.73. The molecule has 0 radical (unpaired) electrons. The summed E-state index contributed by atoms with van der Waals surface area (Å²) in [6.45, 7) is 9.16. The van der Waals surface area contributed by atoms with Crippen LogP contribution in [0.5, 0.6) is 5.75 Å². The van der Waals surface area contributed by atoms with Crippen molar-refractivity contribution in [2.24, 2.45) is 4.99 Å². The van der Waals surface area contributed by atoms with Gasteiger partial charge in [0.25, 0.3) is 0 Å². The molecule has 0 saturated heterocycles. The van der Waals surface area contributed by atoms with Crippen molar-refractivity contribution in [2.45, 2.75) is 13.3 Å². The maximum absolute atomic E-state index is 9.46. The van der Waals surface area contributed by atoms with Crippen LogP contribution >= 0.6 is 0 Å². The monoisotopic (exact) mass is 175 g/mol. The van der Waals surface area contributed by atoms with Crippen LogP contribution in [0.25, 0.3) is 6.08 Å². The van der Waals surface area contributed by atoms with E-state index in [1.54, 1.807) is 12.1 Å². The molecule has 0 spiro atoms. The summed E-state index contributed by atoms with van der Waals surface area (Å²) in [5, 5.41) is 9.46. The third-order valence-electron chi connectivity index (χ3n) is 2.03. The normalized spacial score (nSPS) is 9.62. The number of aliphatic imine (C=N–C) groups is 1. The third kappa shape index (κ3) is 1.61. The van der Waals surface area contributed by atoms with Gasteiger partial charge in [-0.2, -0.15) is 0 Å². The van der Waals surface area contributed by atoms with E-state index in [0.29, 0.717) is 5.69 Å². The van der Waals surface area contributed by atoms with E-state index in [2.05, 4.69) is 18.3 Å². The highest BCUT2D eigenvalue weighted by Gasteiger charge is 2.07. The standard InChI is InChI=1S/C11H13NO/c1-4-8-6-7-10(13)11(12-3)9(8)5-2/h5-7,13H,2-4H2,1H3. The van der Waals surface area contributed by atoms with Crippen LogP contribution < -0.4 is 0 Å². The highest BCUT2D eigenvalue weighted by Crippen LogP contribution is 2.33. The van der Waals surface area contributed by atoms with Gasteiger partial charge in [-0.1, -0.05) is 25.6 Å². The van der Waals surface area contributed by atoms with Gasteiger partial charge in [-0.25, -0.2) is 0 Å². The summed E-state index contributed by atoms with van der Waals surface area (Å²) in [6, 6.07) is 3.51. The Morgan fingerprint density at radius 1 is 1.54 bits per heavy atom. The fourth-order valence-corrected chi connectivity index (χ4v) is 1.34. The molecule has 0 unspecified atom stereocenters. The lowest BCUT2D eigenvalue weighted by molar-refractivity contribution is 0.476. The number of hydrogen-bond acceptors (Lipinski definition) is 2. The second kappa shape index (κ2) is 3.90. The van der Waals surface area contributed by atoms with Crippen molar-refractivity contribution >= 4 is 18.5 Å². The number of phenolic OH excluding ortho intramolecular Hbond substituents is 1. The van der Waals surface area contributed by atoms with Crippen LogP contribution in [0, 0.1) is 0 Å². The molecule has 0 aliphatic rings. The lowest BCUT2D eigenvalue weighted by atomic mass is 10.0. The predicted molar refractivity (Wildman–Crippen MR) is 56.8 cm³/mol. The van der Waals surface area contributed by atoms with Crippen LogP contribution in [0.1, 0.15) is 18.1 Å². The zero-order chi connectivity index (χ0) is 9.84. The van der Waals surface area contributed by atoms with E-state index in [-0.39, 0.29) is 5.75 Å². The van der Waals surface area contributed by atoms with Gasteiger partial charge in [0, 0.05) is 5.56 Å². The first kappa shape index (κ1) is 9.52. The predicted octanol–water partition coefficient (Wildman–Crippen LogP) is 2.93. The topological polar surface area (TPSA) is 32.6 Å². The van der Waals surface area contributed by atoms with Crippen LogP contribution in [0.3, 0.4) is 0 Å². The molecule has 0 heterocycles. The Morgan fingerprint density at radius 3 is 2.69 bits per heavy atom. The van der Waals surface area contributed by atoms with Gasteiger partial charge in [-0.15, -0.1) is 0 Å². The maximum Gasteiger partial charge on any atom is 0.141 e. The molecule has 0 aliphatic carbocycles. The summed E-state index contributed by atoms with van der Waals surface area (Å²) < 4.78 is 0. The molecule has 2 nitrogen and oxygen atoms in total. The number of aromatic hydroxyl groups is 1. The molecule has 1 aromatic carbocycles. The lowest BCUT2D eigenvalue weighted by Gasteiger charge is -2.07. The Kier molecular flexibility index (Phi) is 2.85. The van der Waals surface area contributed by atoms with Gasteiger partial charge in [-0.3, -0.25) is 4.99 Å². The van der Waals surface area contributed by atoms with Gasteiger partial charge in [0.1, 0.15) is 11.4 Å². The molecule has 1 aromatic rings. The minimum Gasteiger partial charge on any atom is -0.506 e. The van der Waals surface area contributed by atoms with E-state index in [4.69, 9.17) is 0 Å². The third-order valence-corrected chi connectivity index (χ3v) is 2.03. The largest absolute Gasteiger partial charge is 0.506 e. The Balaban J connectivity index is 3.44. The Labute approximate surface area is 78.3 Å². The zero-order valence-corrected chi connectivity index (χ0v) is 7.75. The van der Waals surface area contributed by atoms with Crippen LogP contribution in [0.4, 0.5) is 5.69 Å².